The van der Waals surface area contributed by atoms with Gasteiger partial charge in [-0.2, -0.15) is 0 Å². The summed E-state index contributed by atoms with van der Waals surface area (Å²) in [5, 5.41) is 1.10. The van der Waals surface area contributed by atoms with E-state index in [1.165, 1.54) is 0 Å². The maximum Gasteiger partial charge on any atom is 0.121 e. The smallest absolute Gasteiger partial charge is 0.121 e. The van der Waals surface area contributed by atoms with Crippen molar-refractivity contribution >= 4 is 10.9 Å². The summed E-state index contributed by atoms with van der Waals surface area (Å²) in [7, 11) is 0. The molecule has 1 heterocycles. The van der Waals surface area contributed by atoms with Crippen LogP contribution in [0.2, 0.25) is 0 Å². The summed E-state index contributed by atoms with van der Waals surface area (Å²) in [6.45, 7) is 9.12. The van der Waals surface area contributed by atoms with Crippen LogP contribution in [0.25, 0.3) is 10.9 Å². The van der Waals surface area contributed by atoms with Gasteiger partial charge in [-0.1, -0.05) is 20.8 Å². The molecule has 0 N–H and O–H groups in total. The van der Waals surface area contributed by atoms with Crippen molar-refractivity contribution in [3.05, 3.63) is 30.2 Å². The predicted octanol–water partition coefficient (Wildman–Crippen LogP) is 3.33. The van der Waals surface area contributed by atoms with E-state index in [2.05, 4.69) is 30.7 Å². The highest BCUT2D eigenvalue weighted by Gasteiger charge is 2.18. The van der Waals surface area contributed by atoms with Gasteiger partial charge in [0.2, 0.25) is 0 Å². The minimum atomic E-state index is 0.0221. The van der Waals surface area contributed by atoms with Crippen LogP contribution in [0.4, 0.5) is 0 Å². The quantitative estimate of drug-likeness (QED) is 0.793. The number of aromatic nitrogens is 2. The Kier molecular flexibility index (Phi) is 3.01. The zero-order valence-electron chi connectivity index (χ0n) is 10.8. The number of ether oxygens (including phenoxy) is 1. The fourth-order valence-corrected chi connectivity index (χ4v) is 1.89. The van der Waals surface area contributed by atoms with Crippen molar-refractivity contribution < 1.29 is 4.74 Å². The van der Waals surface area contributed by atoms with E-state index in [-0.39, 0.29) is 5.41 Å². The first-order chi connectivity index (χ1) is 8.02. The van der Waals surface area contributed by atoms with Gasteiger partial charge in [-0.05, 0) is 19.1 Å². The second kappa shape index (κ2) is 4.32. The molecule has 0 radical (unpaired) electrons. The lowest BCUT2D eigenvalue weighted by atomic mass is 9.89. The van der Waals surface area contributed by atoms with Crippen LogP contribution in [0, 0.1) is 0 Å². The van der Waals surface area contributed by atoms with Crippen molar-refractivity contribution in [3.8, 4) is 5.75 Å². The van der Waals surface area contributed by atoms with E-state index in [0.717, 1.165) is 22.3 Å². The average molecular weight is 230 g/mol. The molecule has 1 aromatic carbocycles. The van der Waals surface area contributed by atoms with Gasteiger partial charge in [-0.25, -0.2) is 9.97 Å². The Labute approximate surface area is 102 Å². The maximum atomic E-state index is 5.48. The lowest BCUT2D eigenvalue weighted by Crippen LogP contribution is -2.14. The summed E-state index contributed by atoms with van der Waals surface area (Å²) < 4.78 is 5.48. The molecule has 3 heteroatoms. The van der Waals surface area contributed by atoms with Crippen LogP contribution in [0.5, 0.6) is 5.75 Å². The average Bonchev–Trinajstić information content (AvgIpc) is 2.27. The minimum absolute atomic E-state index is 0.0221. The van der Waals surface area contributed by atoms with E-state index in [1.807, 2.05) is 25.1 Å². The molecular formula is C14H18N2O. The summed E-state index contributed by atoms with van der Waals surface area (Å²) in [6.07, 6.45) is 1.62. The third-order valence-corrected chi connectivity index (χ3v) is 2.63. The molecule has 0 atom stereocenters. The first kappa shape index (κ1) is 11.8. The molecule has 0 fully saturated rings. The van der Waals surface area contributed by atoms with Crippen LogP contribution in [-0.2, 0) is 5.41 Å². The highest BCUT2D eigenvalue weighted by atomic mass is 16.5. The standard InChI is InChI=1S/C14H18N2O/c1-5-17-10-6-7-11-12(8-10)15-9-16-13(11)14(2,3)4/h6-9H,5H2,1-4H3. The molecular weight excluding hydrogens is 212 g/mol. The molecule has 0 aliphatic heterocycles. The van der Waals surface area contributed by atoms with E-state index >= 15 is 0 Å². The Morgan fingerprint density at radius 2 is 1.94 bits per heavy atom. The van der Waals surface area contributed by atoms with Gasteiger partial charge in [-0.15, -0.1) is 0 Å². The van der Waals surface area contributed by atoms with Crippen LogP contribution in [0.15, 0.2) is 24.5 Å². The van der Waals surface area contributed by atoms with Crippen molar-refractivity contribution in [2.75, 3.05) is 6.61 Å². The fraction of sp³-hybridized carbons (Fsp3) is 0.429. The lowest BCUT2D eigenvalue weighted by Gasteiger charge is -2.19. The van der Waals surface area contributed by atoms with Crippen LogP contribution in [0.1, 0.15) is 33.4 Å². The van der Waals surface area contributed by atoms with E-state index in [1.54, 1.807) is 6.33 Å². The zero-order valence-corrected chi connectivity index (χ0v) is 10.8. The SMILES string of the molecule is CCOc1ccc2c(C(C)(C)C)ncnc2c1. The fourth-order valence-electron chi connectivity index (χ4n) is 1.89. The topological polar surface area (TPSA) is 35.0 Å². The zero-order chi connectivity index (χ0) is 12.5. The summed E-state index contributed by atoms with van der Waals surface area (Å²) in [5.74, 6) is 0.860. The molecule has 0 saturated heterocycles. The molecule has 2 aromatic rings. The predicted molar refractivity (Wildman–Crippen MR) is 69.4 cm³/mol. The molecule has 0 amide bonds. The van der Waals surface area contributed by atoms with Gasteiger partial charge in [0.05, 0.1) is 17.8 Å². The largest absolute Gasteiger partial charge is 0.494 e. The molecule has 0 spiro atoms. The van der Waals surface area contributed by atoms with Gasteiger partial charge in [0.15, 0.2) is 0 Å². The van der Waals surface area contributed by atoms with Crippen molar-refractivity contribution in [1.82, 2.24) is 9.97 Å². The third kappa shape index (κ3) is 2.38. The number of hydrogen-bond acceptors (Lipinski definition) is 3. The highest BCUT2D eigenvalue weighted by molar-refractivity contribution is 5.82. The normalized spacial score (nSPS) is 11.8. The van der Waals surface area contributed by atoms with Gasteiger partial charge >= 0.3 is 0 Å². The Bertz CT molecular complexity index is 529. The van der Waals surface area contributed by atoms with Gasteiger partial charge < -0.3 is 4.74 Å². The van der Waals surface area contributed by atoms with E-state index in [0.29, 0.717) is 6.61 Å². The van der Waals surface area contributed by atoms with E-state index < -0.39 is 0 Å². The van der Waals surface area contributed by atoms with Crippen molar-refractivity contribution in [2.45, 2.75) is 33.1 Å². The molecule has 0 aliphatic carbocycles. The monoisotopic (exact) mass is 230 g/mol. The van der Waals surface area contributed by atoms with Gasteiger partial charge in [-0.3, -0.25) is 0 Å². The first-order valence-electron chi connectivity index (χ1n) is 5.90. The van der Waals surface area contributed by atoms with E-state index in [4.69, 9.17) is 4.74 Å². The van der Waals surface area contributed by atoms with Gasteiger partial charge in [0, 0.05) is 16.9 Å². The number of rotatable bonds is 2. The summed E-state index contributed by atoms with van der Waals surface area (Å²) in [5.41, 5.74) is 2.04. The van der Waals surface area contributed by atoms with Crippen molar-refractivity contribution in [2.24, 2.45) is 0 Å². The molecule has 1 aromatic heterocycles. The van der Waals surface area contributed by atoms with Crippen molar-refractivity contribution in [3.63, 3.8) is 0 Å². The molecule has 90 valence electrons. The van der Waals surface area contributed by atoms with Crippen LogP contribution in [0.3, 0.4) is 0 Å². The van der Waals surface area contributed by atoms with Gasteiger partial charge in [0.1, 0.15) is 12.1 Å². The molecule has 0 bridgehead atoms. The van der Waals surface area contributed by atoms with Crippen LogP contribution >= 0.6 is 0 Å². The van der Waals surface area contributed by atoms with Crippen molar-refractivity contribution in [1.29, 1.82) is 0 Å². The molecule has 0 unspecified atom stereocenters. The second-order valence-electron chi connectivity index (χ2n) is 5.08. The number of nitrogens with zero attached hydrogens (tertiary/aromatic N) is 2. The summed E-state index contributed by atoms with van der Waals surface area (Å²) >= 11 is 0. The van der Waals surface area contributed by atoms with E-state index in [9.17, 15) is 0 Å². The molecule has 17 heavy (non-hydrogen) atoms. The molecule has 0 aliphatic rings. The van der Waals surface area contributed by atoms with Crippen LogP contribution in [-0.4, -0.2) is 16.6 Å². The summed E-state index contributed by atoms with van der Waals surface area (Å²) in [6, 6.07) is 5.99. The minimum Gasteiger partial charge on any atom is -0.494 e. The number of hydrogen-bond donors (Lipinski definition) is 0. The maximum absolute atomic E-state index is 5.48. The first-order valence-corrected chi connectivity index (χ1v) is 5.90. The van der Waals surface area contributed by atoms with Gasteiger partial charge in [0.25, 0.3) is 0 Å². The summed E-state index contributed by atoms with van der Waals surface area (Å²) in [4.78, 5) is 8.71. The Hall–Kier alpha value is -1.64. The second-order valence-corrected chi connectivity index (χ2v) is 5.08. The number of fused-ring (bicyclic) bond motifs is 1. The molecule has 3 nitrogen and oxygen atoms in total. The number of benzene rings is 1. The lowest BCUT2D eigenvalue weighted by molar-refractivity contribution is 0.340. The molecule has 2 rings (SSSR count). The Morgan fingerprint density at radius 3 is 2.59 bits per heavy atom. The van der Waals surface area contributed by atoms with Crippen LogP contribution < -0.4 is 4.74 Å². The highest BCUT2D eigenvalue weighted by Crippen LogP contribution is 2.28. The molecule has 0 saturated carbocycles. The third-order valence-electron chi connectivity index (χ3n) is 2.63. The Balaban J connectivity index is 2.59. The Morgan fingerprint density at radius 1 is 1.18 bits per heavy atom.